The molecule has 3 aromatic heterocycles. The maximum Gasteiger partial charge on any atom is 0.238 e. The van der Waals surface area contributed by atoms with Crippen molar-refractivity contribution in [3.05, 3.63) is 102 Å². The molecule has 4 aromatic carbocycles. The van der Waals surface area contributed by atoms with Crippen molar-refractivity contribution in [3.63, 3.8) is 0 Å². The zero-order chi connectivity index (χ0) is 24.4. The third-order valence-electron chi connectivity index (χ3n) is 7.12. The first-order valence-electron chi connectivity index (χ1n) is 12.4. The molecule has 0 bridgehead atoms. The number of rotatable bonds is 3. The van der Waals surface area contributed by atoms with Crippen molar-refractivity contribution in [2.24, 2.45) is 0 Å². The van der Waals surface area contributed by atoms with Gasteiger partial charge in [0.1, 0.15) is 11.6 Å². The Balaban J connectivity index is 1.70. The summed E-state index contributed by atoms with van der Waals surface area (Å²) in [5, 5.41) is 4.80. The maximum absolute atomic E-state index is 4.78. The zero-order valence-corrected chi connectivity index (χ0v) is 20.5. The van der Waals surface area contributed by atoms with Crippen molar-refractivity contribution in [2.75, 3.05) is 0 Å². The smallest absolute Gasteiger partial charge is 0.238 e. The van der Waals surface area contributed by atoms with Crippen molar-refractivity contribution in [3.8, 4) is 11.6 Å². The molecular weight excluding hydrogens is 442 g/mol. The van der Waals surface area contributed by atoms with Crippen LogP contribution in [0.4, 0.5) is 0 Å². The van der Waals surface area contributed by atoms with Crippen LogP contribution < -0.4 is 0 Å². The van der Waals surface area contributed by atoms with Crippen LogP contribution in [0.15, 0.2) is 84.9 Å². The minimum Gasteiger partial charge on any atom is -0.309 e. The molecule has 0 saturated heterocycles. The van der Waals surface area contributed by atoms with Crippen molar-refractivity contribution in [1.82, 2.24) is 24.1 Å². The lowest BCUT2D eigenvalue weighted by atomic mass is 10.1. The van der Waals surface area contributed by atoms with Crippen LogP contribution in [0.3, 0.4) is 0 Å². The van der Waals surface area contributed by atoms with Gasteiger partial charge in [0.2, 0.25) is 5.95 Å². The van der Waals surface area contributed by atoms with Gasteiger partial charge < -0.3 is 4.57 Å². The summed E-state index contributed by atoms with van der Waals surface area (Å²) in [6.07, 6.45) is 1.03. The second-order valence-electron chi connectivity index (χ2n) is 9.31. The molecule has 0 aliphatic carbocycles. The fraction of sp³-hybridized carbons (Fsp3) is 0.129. The molecule has 0 saturated carbocycles. The van der Waals surface area contributed by atoms with Crippen LogP contribution in [0.1, 0.15) is 24.1 Å². The van der Waals surface area contributed by atoms with Gasteiger partial charge in [-0.3, -0.25) is 4.57 Å². The minimum absolute atomic E-state index is 0.655. The van der Waals surface area contributed by atoms with Crippen molar-refractivity contribution >= 4 is 43.6 Å². The highest BCUT2D eigenvalue weighted by Crippen LogP contribution is 2.41. The first-order chi connectivity index (χ1) is 17.6. The van der Waals surface area contributed by atoms with Gasteiger partial charge in [-0.25, -0.2) is 4.98 Å². The molecule has 7 rings (SSSR count). The summed E-state index contributed by atoms with van der Waals surface area (Å²) in [7, 11) is 0. The van der Waals surface area contributed by atoms with Gasteiger partial charge in [-0.2, -0.15) is 9.97 Å². The molecule has 36 heavy (non-hydrogen) atoms. The Kier molecular flexibility index (Phi) is 4.48. The first kappa shape index (κ1) is 20.8. The second-order valence-corrected chi connectivity index (χ2v) is 9.31. The highest BCUT2D eigenvalue weighted by Gasteiger charge is 2.21. The molecular formula is C31H25N5. The Morgan fingerprint density at radius 1 is 0.583 bits per heavy atom. The molecule has 174 valence electrons. The Hall–Kier alpha value is -4.51. The Morgan fingerprint density at radius 3 is 1.92 bits per heavy atom. The third kappa shape index (κ3) is 2.92. The van der Waals surface area contributed by atoms with E-state index in [0.29, 0.717) is 17.6 Å². The normalized spacial score (nSPS) is 11.9. The van der Waals surface area contributed by atoms with Gasteiger partial charge in [0, 0.05) is 27.2 Å². The van der Waals surface area contributed by atoms with Gasteiger partial charge in [0.15, 0.2) is 0 Å². The lowest BCUT2D eigenvalue weighted by molar-refractivity contribution is 0.864. The Morgan fingerprint density at radius 2 is 1.22 bits per heavy atom. The van der Waals surface area contributed by atoms with E-state index in [1.165, 1.54) is 38.1 Å². The van der Waals surface area contributed by atoms with E-state index in [1.54, 1.807) is 0 Å². The van der Waals surface area contributed by atoms with Crippen LogP contribution in [-0.4, -0.2) is 24.1 Å². The monoisotopic (exact) mass is 467 g/mol. The highest BCUT2D eigenvalue weighted by molar-refractivity contribution is 6.26. The molecule has 3 heterocycles. The van der Waals surface area contributed by atoms with Crippen LogP contribution in [-0.2, 0) is 6.42 Å². The predicted molar refractivity (Wildman–Crippen MR) is 147 cm³/mol. The molecule has 0 N–H and O–H groups in total. The van der Waals surface area contributed by atoms with Crippen molar-refractivity contribution < 1.29 is 0 Å². The number of aromatic nitrogens is 5. The molecule has 0 unspecified atom stereocenters. The summed E-state index contributed by atoms with van der Waals surface area (Å²) in [5.41, 5.74) is 7.06. The lowest BCUT2D eigenvalue weighted by Crippen LogP contribution is -2.06. The zero-order valence-electron chi connectivity index (χ0n) is 20.5. The van der Waals surface area contributed by atoms with Crippen LogP contribution >= 0.6 is 0 Å². The fourth-order valence-electron chi connectivity index (χ4n) is 5.57. The lowest BCUT2D eigenvalue weighted by Gasteiger charge is -2.10. The van der Waals surface area contributed by atoms with Crippen LogP contribution in [0.25, 0.3) is 55.2 Å². The van der Waals surface area contributed by atoms with E-state index in [4.69, 9.17) is 9.97 Å². The van der Waals surface area contributed by atoms with E-state index in [9.17, 15) is 0 Å². The number of hydrogen-bond acceptors (Lipinski definition) is 3. The summed E-state index contributed by atoms with van der Waals surface area (Å²) in [5.74, 6) is 2.09. The van der Waals surface area contributed by atoms with Gasteiger partial charge in [-0.05, 0) is 56.2 Å². The van der Waals surface area contributed by atoms with E-state index >= 15 is 0 Å². The molecule has 0 aliphatic rings. The SMILES string of the molecule is CCc1ccc(-n2c3ccccc3c3c2ccc2c4ccccc4n(-c4nc(C)nc(C)n4)c23)cc1. The third-order valence-corrected chi connectivity index (χ3v) is 7.12. The van der Waals surface area contributed by atoms with Crippen molar-refractivity contribution in [1.29, 1.82) is 0 Å². The maximum atomic E-state index is 4.78. The molecule has 0 radical (unpaired) electrons. The van der Waals surface area contributed by atoms with Gasteiger partial charge in [-0.1, -0.05) is 61.5 Å². The van der Waals surface area contributed by atoms with E-state index in [2.05, 4.69) is 106 Å². The molecule has 0 amide bonds. The van der Waals surface area contributed by atoms with E-state index in [0.717, 1.165) is 23.1 Å². The number of nitrogens with zero attached hydrogens (tertiary/aromatic N) is 5. The van der Waals surface area contributed by atoms with E-state index in [1.807, 2.05) is 13.8 Å². The molecule has 7 aromatic rings. The number of aryl methyl sites for hydroxylation is 3. The Labute approximate surface area is 208 Å². The molecule has 5 heteroatoms. The van der Waals surface area contributed by atoms with Crippen LogP contribution in [0.2, 0.25) is 0 Å². The first-order valence-corrected chi connectivity index (χ1v) is 12.4. The van der Waals surface area contributed by atoms with Crippen LogP contribution in [0.5, 0.6) is 0 Å². The average Bonchev–Trinajstić information content (AvgIpc) is 3.41. The largest absolute Gasteiger partial charge is 0.309 e. The molecule has 0 spiro atoms. The van der Waals surface area contributed by atoms with Gasteiger partial charge >= 0.3 is 0 Å². The highest BCUT2D eigenvalue weighted by atomic mass is 15.2. The van der Waals surface area contributed by atoms with E-state index in [-0.39, 0.29) is 0 Å². The summed E-state index contributed by atoms with van der Waals surface area (Å²) in [6, 6.07) is 30.6. The van der Waals surface area contributed by atoms with Crippen LogP contribution in [0, 0.1) is 13.8 Å². The topological polar surface area (TPSA) is 48.5 Å². The summed E-state index contributed by atoms with van der Waals surface area (Å²) in [4.78, 5) is 14.0. The molecule has 0 aliphatic heterocycles. The number of fused-ring (bicyclic) bond motifs is 7. The van der Waals surface area contributed by atoms with E-state index < -0.39 is 0 Å². The number of para-hydroxylation sites is 2. The molecule has 5 nitrogen and oxygen atoms in total. The van der Waals surface area contributed by atoms with Gasteiger partial charge in [0.05, 0.1) is 22.1 Å². The Bertz CT molecular complexity index is 1920. The summed E-state index contributed by atoms with van der Waals surface area (Å²) in [6.45, 7) is 6.04. The van der Waals surface area contributed by atoms with Crippen molar-refractivity contribution in [2.45, 2.75) is 27.2 Å². The predicted octanol–water partition coefficient (Wildman–Crippen LogP) is 7.25. The second kappa shape index (κ2) is 7.75. The summed E-state index contributed by atoms with van der Waals surface area (Å²) < 4.78 is 4.58. The number of benzene rings is 4. The molecule has 0 fully saturated rings. The number of hydrogen-bond donors (Lipinski definition) is 0. The van der Waals surface area contributed by atoms with Gasteiger partial charge in [-0.15, -0.1) is 0 Å². The average molecular weight is 468 g/mol. The van der Waals surface area contributed by atoms with Gasteiger partial charge in [0.25, 0.3) is 0 Å². The molecule has 0 atom stereocenters. The quantitative estimate of drug-likeness (QED) is 0.275. The summed E-state index contributed by atoms with van der Waals surface area (Å²) >= 11 is 0. The standard InChI is InChI=1S/C31H25N5/c1-4-21-13-15-22(16-14-21)35-27-12-8-6-10-25(27)29-28(35)18-17-24-23-9-5-7-11-26(23)36(30(24)29)31-33-19(2)32-20(3)34-31/h5-18H,4H2,1-3H3. The minimum atomic E-state index is 0.655. The fourth-order valence-corrected chi connectivity index (χ4v) is 5.57.